The summed E-state index contributed by atoms with van der Waals surface area (Å²) in [5, 5.41) is 0. The molecule has 0 aliphatic rings. The van der Waals surface area contributed by atoms with Crippen LogP contribution in [0.3, 0.4) is 0 Å². The lowest BCUT2D eigenvalue weighted by molar-refractivity contribution is 0.100. The number of rotatable bonds is 2. The first-order valence-corrected chi connectivity index (χ1v) is 4.52. The molecule has 4 heteroatoms. The predicted octanol–water partition coefficient (Wildman–Crippen LogP) is 1.86. The minimum atomic E-state index is -0.430. The van der Waals surface area contributed by atoms with Gasteiger partial charge in [-0.1, -0.05) is 6.07 Å². The number of benzene rings is 1. The molecule has 0 saturated heterocycles. The second-order valence-electron chi connectivity index (χ2n) is 3.47. The minimum absolute atomic E-state index is 0.299. The van der Waals surface area contributed by atoms with Gasteiger partial charge in [-0.25, -0.2) is 4.39 Å². The van der Waals surface area contributed by atoms with Crippen LogP contribution in [0.2, 0.25) is 0 Å². The van der Waals surface area contributed by atoms with Crippen LogP contribution >= 0.6 is 0 Å². The molecule has 80 valence electrons. The van der Waals surface area contributed by atoms with E-state index < -0.39 is 11.7 Å². The Kier molecular flexibility index (Phi) is 3.55. The van der Waals surface area contributed by atoms with E-state index in [9.17, 15) is 9.18 Å². The normalized spacial score (nSPS) is 10.7. The third kappa shape index (κ3) is 3.16. The maximum Gasteiger partial charge on any atom is 0.278 e. The van der Waals surface area contributed by atoms with Crippen LogP contribution in [0.1, 0.15) is 15.9 Å². The zero-order valence-electron chi connectivity index (χ0n) is 8.99. The molecule has 15 heavy (non-hydrogen) atoms. The van der Waals surface area contributed by atoms with E-state index in [1.807, 2.05) is 0 Å². The summed E-state index contributed by atoms with van der Waals surface area (Å²) in [6.07, 6.45) is 1.40. The van der Waals surface area contributed by atoms with Crippen molar-refractivity contribution in [2.45, 2.75) is 6.92 Å². The van der Waals surface area contributed by atoms with Gasteiger partial charge >= 0.3 is 0 Å². The van der Waals surface area contributed by atoms with Crippen LogP contribution in [-0.4, -0.2) is 31.2 Å². The molecule has 0 atom stereocenters. The third-order valence-electron chi connectivity index (χ3n) is 1.84. The van der Waals surface area contributed by atoms with Gasteiger partial charge in [0.2, 0.25) is 0 Å². The Morgan fingerprint density at radius 2 is 2.13 bits per heavy atom. The molecule has 3 nitrogen and oxygen atoms in total. The van der Waals surface area contributed by atoms with Crippen molar-refractivity contribution in [3.8, 4) is 0 Å². The first-order chi connectivity index (χ1) is 7.00. The van der Waals surface area contributed by atoms with Gasteiger partial charge in [-0.3, -0.25) is 4.79 Å². The van der Waals surface area contributed by atoms with Gasteiger partial charge in [0.05, 0.1) is 6.34 Å². The fourth-order valence-corrected chi connectivity index (χ4v) is 1.06. The van der Waals surface area contributed by atoms with E-state index in [4.69, 9.17) is 0 Å². The lowest BCUT2D eigenvalue weighted by Crippen LogP contribution is -2.10. The summed E-state index contributed by atoms with van der Waals surface area (Å²) in [5.74, 6) is -0.857. The van der Waals surface area contributed by atoms with Crippen LogP contribution in [0.15, 0.2) is 23.2 Å². The highest BCUT2D eigenvalue weighted by atomic mass is 19.1. The van der Waals surface area contributed by atoms with Crippen LogP contribution in [0.4, 0.5) is 4.39 Å². The molecule has 1 aromatic rings. The van der Waals surface area contributed by atoms with Crippen molar-refractivity contribution in [3.63, 3.8) is 0 Å². The molecule has 0 aliphatic heterocycles. The molecule has 0 fully saturated rings. The van der Waals surface area contributed by atoms with Gasteiger partial charge in [-0.05, 0) is 24.6 Å². The second-order valence-corrected chi connectivity index (χ2v) is 3.47. The topological polar surface area (TPSA) is 32.7 Å². The van der Waals surface area contributed by atoms with E-state index >= 15 is 0 Å². The van der Waals surface area contributed by atoms with Gasteiger partial charge in [-0.15, -0.1) is 0 Å². The van der Waals surface area contributed by atoms with Crippen LogP contribution in [0.25, 0.3) is 0 Å². The van der Waals surface area contributed by atoms with Gasteiger partial charge in [-0.2, -0.15) is 4.99 Å². The zero-order chi connectivity index (χ0) is 11.4. The van der Waals surface area contributed by atoms with Crippen molar-refractivity contribution in [2.24, 2.45) is 4.99 Å². The van der Waals surface area contributed by atoms with E-state index in [1.165, 1.54) is 18.5 Å². The monoisotopic (exact) mass is 208 g/mol. The standard InChI is InChI=1S/C11H13FN2O/c1-8-4-5-9(12)6-10(8)11(15)13-7-14(2)3/h4-7H,1-3H3. The lowest BCUT2D eigenvalue weighted by atomic mass is 10.1. The first kappa shape index (κ1) is 11.4. The largest absolute Gasteiger partial charge is 0.369 e. The molecule has 0 aliphatic carbocycles. The molecule has 1 amide bonds. The zero-order valence-corrected chi connectivity index (χ0v) is 8.99. The first-order valence-electron chi connectivity index (χ1n) is 4.52. The van der Waals surface area contributed by atoms with Crippen molar-refractivity contribution >= 4 is 12.2 Å². The van der Waals surface area contributed by atoms with Gasteiger partial charge in [0.1, 0.15) is 5.82 Å². The van der Waals surface area contributed by atoms with Gasteiger partial charge < -0.3 is 4.90 Å². The smallest absolute Gasteiger partial charge is 0.278 e. The minimum Gasteiger partial charge on any atom is -0.369 e. The highest BCUT2D eigenvalue weighted by Gasteiger charge is 2.08. The molecule has 0 spiro atoms. The van der Waals surface area contributed by atoms with E-state index in [0.717, 1.165) is 5.56 Å². The molecule has 0 radical (unpaired) electrons. The molecule has 0 bridgehead atoms. The molecule has 1 aromatic carbocycles. The number of amides is 1. The molecule has 0 aromatic heterocycles. The van der Waals surface area contributed by atoms with Crippen molar-refractivity contribution in [2.75, 3.05) is 14.1 Å². The Balaban J connectivity index is 2.96. The Bertz CT molecular complexity index is 400. The molecular formula is C11H13FN2O. The Labute approximate surface area is 88.2 Å². The molecule has 0 N–H and O–H groups in total. The van der Waals surface area contributed by atoms with Crippen molar-refractivity contribution in [1.29, 1.82) is 0 Å². The summed E-state index contributed by atoms with van der Waals surface area (Å²) >= 11 is 0. The van der Waals surface area contributed by atoms with E-state index in [1.54, 1.807) is 32.0 Å². The van der Waals surface area contributed by atoms with Gasteiger partial charge in [0.15, 0.2) is 0 Å². The van der Waals surface area contributed by atoms with Crippen LogP contribution in [0.5, 0.6) is 0 Å². The number of halogens is 1. The number of aliphatic imine (C=N–C) groups is 1. The Morgan fingerprint density at radius 1 is 1.47 bits per heavy atom. The summed E-state index contributed by atoms with van der Waals surface area (Å²) in [4.78, 5) is 16.9. The molecule has 0 unspecified atom stereocenters. The Morgan fingerprint density at radius 3 is 2.73 bits per heavy atom. The fraction of sp³-hybridized carbons (Fsp3) is 0.273. The highest BCUT2D eigenvalue weighted by molar-refractivity contribution is 5.99. The fourth-order valence-electron chi connectivity index (χ4n) is 1.06. The van der Waals surface area contributed by atoms with Crippen LogP contribution < -0.4 is 0 Å². The number of nitrogens with zero attached hydrogens (tertiary/aromatic N) is 2. The lowest BCUT2D eigenvalue weighted by Gasteiger charge is -2.03. The number of hydrogen-bond donors (Lipinski definition) is 0. The summed E-state index contributed by atoms with van der Waals surface area (Å²) in [5.41, 5.74) is 1.02. The molecular weight excluding hydrogens is 195 g/mol. The number of aryl methyl sites for hydroxylation is 1. The van der Waals surface area contributed by atoms with Crippen LogP contribution in [-0.2, 0) is 0 Å². The van der Waals surface area contributed by atoms with E-state index in [0.29, 0.717) is 5.56 Å². The number of carbonyl (C=O) groups is 1. The maximum absolute atomic E-state index is 12.9. The highest BCUT2D eigenvalue weighted by Crippen LogP contribution is 2.11. The molecule has 0 heterocycles. The molecule has 1 rings (SSSR count). The van der Waals surface area contributed by atoms with E-state index in [2.05, 4.69) is 4.99 Å². The summed E-state index contributed by atoms with van der Waals surface area (Å²) in [7, 11) is 3.52. The quantitative estimate of drug-likeness (QED) is 0.549. The summed E-state index contributed by atoms with van der Waals surface area (Å²) < 4.78 is 12.9. The number of carbonyl (C=O) groups excluding carboxylic acids is 1. The average molecular weight is 208 g/mol. The van der Waals surface area contributed by atoms with Crippen molar-refractivity contribution in [1.82, 2.24) is 4.90 Å². The average Bonchev–Trinajstić information content (AvgIpc) is 2.18. The van der Waals surface area contributed by atoms with Gasteiger partial charge in [0, 0.05) is 19.7 Å². The SMILES string of the molecule is Cc1ccc(F)cc1C(=O)N=CN(C)C. The predicted molar refractivity (Wildman–Crippen MR) is 57.6 cm³/mol. The summed E-state index contributed by atoms with van der Waals surface area (Å²) in [6.45, 7) is 1.75. The third-order valence-corrected chi connectivity index (χ3v) is 1.84. The Hall–Kier alpha value is -1.71. The second kappa shape index (κ2) is 4.68. The molecule has 0 saturated carbocycles. The maximum atomic E-state index is 12.9. The van der Waals surface area contributed by atoms with Gasteiger partial charge in [0.25, 0.3) is 5.91 Å². The van der Waals surface area contributed by atoms with Crippen molar-refractivity contribution in [3.05, 3.63) is 35.1 Å². The van der Waals surface area contributed by atoms with Crippen molar-refractivity contribution < 1.29 is 9.18 Å². The number of hydrogen-bond acceptors (Lipinski definition) is 1. The van der Waals surface area contributed by atoms with Crippen LogP contribution in [0, 0.1) is 12.7 Å². The summed E-state index contributed by atoms with van der Waals surface area (Å²) in [6, 6.07) is 4.08. The van der Waals surface area contributed by atoms with E-state index in [-0.39, 0.29) is 0 Å².